The molecule has 55 heavy (non-hydrogen) atoms. The van der Waals surface area contributed by atoms with E-state index >= 15 is 0 Å². The van der Waals surface area contributed by atoms with Gasteiger partial charge in [0, 0.05) is 64.6 Å². The number of rotatable bonds is 16. The zero-order valence-corrected chi connectivity index (χ0v) is 32.7. The number of carbonyl (C=O) groups excluding carboxylic acids is 5. The number of amides is 4. The van der Waals surface area contributed by atoms with Gasteiger partial charge in [-0.15, -0.1) is 21.5 Å². The number of anilines is 1. The SMILES string of the molecule is Cc1sc2c(c1C)C(c1ccc(Cl)cc1)=NC(CCC(=O)NCCCCCCC(=O)Nc1cccc(C=O)c1CNC1CCC(=O)NC1=O)c1nnc(C)n1-2. The number of aryl methyl sites for hydroxylation is 2. The summed E-state index contributed by atoms with van der Waals surface area (Å²) in [4.78, 5) is 67.7. The number of fused-ring (bicyclic) bond motifs is 3. The molecule has 15 heteroatoms. The first-order valence-corrected chi connectivity index (χ1v) is 19.8. The summed E-state index contributed by atoms with van der Waals surface area (Å²) in [7, 11) is 0. The predicted molar refractivity (Wildman–Crippen MR) is 212 cm³/mol. The molecule has 2 atom stereocenters. The molecule has 13 nitrogen and oxygen atoms in total. The molecule has 2 aliphatic rings. The van der Waals surface area contributed by atoms with Crippen molar-refractivity contribution in [1.82, 2.24) is 30.7 Å². The van der Waals surface area contributed by atoms with Gasteiger partial charge in [0.2, 0.25) is 23.6 Å². The summed E-state index contributed by atoms with van der Waals surface area (Å²) in [6.07, 6.45) is 5.45. The van der Waals surface area contributed by atoms with Gasteiger partial charge in [0.15, 0.2) is 5.82 Å². The van der Waals surface area contributed by atoms with Crippen LogP contribution in [0.3, 0.4) is 0 Å². The van der Waals surface area contributed by atoms with Crippen molar-refractivity contribution in [2.45, 2.75) is 97.2 Å². The smallest absolute Gasteiger partial charge is 0.243 e. The number of nitrogens with zero attached hydrogens (tertiary/aromatic N) is 4. The van der Waals surface area contributed by atoms with Crippen molar-refractivity contribution >= 4 is 64.3 Å². The number of aliphatic imine (C=N–C) groups is 1. The van der Waals surface area contributed by atoms with E-state index in [9.17, 15) is 24.0 Å². The summed E-state index contributed by atoms with van der Waals surface area (Å²) in [5.74, 6) is 0.552. The van der Waals surface area contributed by atoms with Gasteiger partial charge in [-0.3, -0.25) is 38.8 Å². The van der Waals surface area contributed by atoms with Gasteiger partial charge in [-0.1, -0.05) is 48.7 Å². The summed E-state index contributed by atoms with van der Waals surface area (Å²) in [5.41, 5.74) is 5.50. The number of unbranched alkanes of at least 4 members (excludes halogenated alkanes) is 3. The van der Waals surface area contributed by atoms with Crippen molar-refractivity contribution in [3.05, 3.63) is 91.8 Å². The Bertz CT molecular complexity index is 2130. The first-order chi connectivity index (χ1) is 26.5. The molecule has 1 fully saturated rings. The summed E-state index contributed by atoms with van der Waals surface area (Å²) in [6.45, 7) is 6.86. The zero-order valence-electron chi connectivity index (χ0n) is 31.2. The fourth-order valence-electron chi connectivity index (χ4n) is 6.89. The first-order valence-electron chi connectivity index (χ1n) is 18.6. The van der Waals surface area contributed by atoms with Crippen molar-refractivity contribution in [3.63, 3.8) is 0 Å². The van der Waals surface area contributed by atoms with Crippen molar-refractivity contribution in [1.29, 1.82) is 0 Å². The monoisotopic (exact) mass is 784 g/mol. The van der Waals surface area contributed by atoms with Crippen molar-refractivity contribution in [2.24, 2.45) is 4.99 Å². The number of hydrogen-bond acceptors (Lipinski definition) is 10. The molecule has 288 valence electrons. The Kier molecular flexibility index (Phi) is 13.0. The highest BCUT2D eigenvalue weighted by atomic mass is 35.5. The number of halogens is 1. The van der Waals surface area contributed by atoms with Crippen LogP contribution in [0.5, 0.6) is 0 Å². The number of thiophene rings is 1. The average molecular weight is 785 g/mol. The third-order valence-electron chi connectivity index (χ3n) is 10.0. The fraction of sp³-hybridized carbons (Fsp3) is 0.400. The van der Waals surface area contributed by atoms with E-state index in [1.54, 1.807) is 29.5 Å². The number of hydrogen-bond donors (Lipinski definition) is 4. The van der Waals surface area contributed by atoms with Crippen LogP contribution >= 0.6 is 22.9 Å². The minimum atomic E-state index is -0.563. The molecule has 4 heterocycles. The molecule has 2 aromatic carbocycles. The summed E-state index contributed by atoms with van der Waals surface area (Å²) < 4.78 is 2.08. The quantitative estimate of drug-likeness (QED) is 0.0608. The second-order valence-corrected chi connectivity index (χ2v) is 15.5. The van der Waals surface area contributed by atoms with Crippen molar-refractivity contribution in [2.75, 3.05) is 11.9 Å². The fourth-order valence-corrected chi connectivity index (χ4v) is 8.23. The highest BCUT2D eigenvalue weighted by molar-refractivity contribution is 7.15. The molecule has 4 aromatic rings. The third kappa shape index (κ3) is 9.43. The third-order valence-corrected chi connectivity index (χ3v) is 11.5. The Morgan fingerprint density at radius 2 is 1.78 bits per heavy atom. The average Bonchev–Trinajstić information content (AvgIpc) is 3.64. The maximum atomic E-state index is 13.0. The van der Waals surface area contributed by atoms with E-state index in [-0.39, 0.29) is 43.1 Å². The molecular formula is C40H45ClN8O5S. The second-order valence-electron chi connectivity index (χ2n) is 13.9. The lowest BCUT2D eigenvalue weighted by molar-refractivity contribution is -0.134. The van der Waals surface area contributed by atoms with Gasteiger partial charge in [-0.05, 0) is 75.8 Å². The topological polar surface area (TPSA) is 177 Å². The van der Waals surface area contributed by atoms with E-state index in [0.29, 0.717) is 60.4 Å². The van der Waals surface area contributed by atoms with E-state index in [4.69, 9.17) is 16.6 Å². The second kappa shape index (κ2) is 18.1. The molecule has 0 radical (unpaired) electrons. The molecule has 6 rings (SSSR count). The van der Waals surface area contributed by atoms with Crippen LogP contribution in [0.4, 0.5) is 5.69 Å². The Morgan fingerprint density at radius 1 is 1.00 bits per heavy atom. The van der Waals surface area contributed by atoms with E-state index in [1.165, 1.54) is 4.88 Å². The van der Waals surface area contributed by atoms with E-state index < -0.39 is 11.9 Å². The van der Waals surface area contributed by atoms with Gasteiger partial charge < -0.3 is 16.0 Å². The minimum absolute atomic E-state index is 0.0584. The van der Waals surface area contributed by atoms with Crippen LogP contribution in [0.25, 0.3) is 5.00 Å². The Hall–Kier alpha value is -5.05. The van der Waals surface area contributed by atoms with Gasteiger partial charge in [-0.25, -0.2) is 0 Å². The first kappa shape index (κ1) is 39.6. The minimum Gasteiger partial charge on any atom is -0.356 e. The number of carbonyl (C=O) groups is 5. The van der Waals surface area contributed by atoms with Crippen LogP contribution in [-0.4, -0.2) is 63.0 Å². The van der Waals surface area contributed by atoms with Crippen molar-refractivity contribution < 1.29 is 24.0 Å². The summed E-state index contributed by atoms with van der Waals surface area (Å²) in [6, 6.07) is 11.8. The normalized spacial score (nSPS) is 16.4. The van der Waals surface area contributed by atoms with Gasteiger partial charge in [0.05, 0.1) is 11.8 Å². The number of nitrogens with one attached hydrogen (secondary N) is 4. The zero-order chi connectivity index (χ0) is 39.1. The van der Waals surface area contributed by atoms with Gasteiger partial charge in [0.1, 0.15) is 23.2 Å². The van der Waals surface area contributed by atoms with Crippen LogP contribution in [0.15, 0.2) is 47.5 Å². The molecule has 2 unspecified atom stereocenters. The molecule has 0 spiro atoms. The molecule has 2 aromatic heterocycles. The van der Waals surface area contributed by atoms with E-state index in [0.717, 1.165) is 58.3 Å². The number of aromatic nitrogens is 3. The largest absolute Gasteiger partial charge is 0.356 e. The van der Waals surface area contributed by atoms with Crippen LogP contribution in [0, 0.1) is 20.8 Å². The highest BCUT2D eigenvalue weighted by Crippen LogP contribution is 2.40. The molecule has 1 saturated heterocycles. The van der Waals surface area contributed by atoms with Crippen LogP contribution < -0.4 is 21.3 Å². The lowest BCUT2D eigenvalue weighted by atomic mass is 9.99. The molecule has 0 aliphatic carbocycles. The van der Waals surface area contributed by atoms with Crippen LogP contribution in [-0.2, 0) is 25.7 Å². The van der Waals surface area contributed by atoms with Crippen molar-refractivity contribution in [3.8, 4) is 5.00 Å². The molecule has 2 aliphatic heterocycles. The Labute approximate surface area is 328 Å². The maximum absolute atomic E-state index is 13.0. The molecular weight excluding hydrogens is 740 g/mol. The lowest BCUT2D eigenvalue weighted by Gasteiger charge is -2.23. The molecule has 0 bridgehead atoms. The maximum Gasteiger partial charge on any atom is 0.243 e. The standard InChI is InChI=1S/C40H45ClN8O5S/c1-23-24(2)55-40-36(23)37(26-12-14-28(41)15-13-26)45-31(38-48-47-25(3)49(38)40)16-18-33(51)42-20-7-5-4-6-11-34(52)44-30-10-8-9-27(22-50)29(30)21-43-32-17-19-35(53)46-39(32)54/h8-10,12-15,22,31-32,43H,4-7,11,16-21H2,1-3H3,(H,42,51)(H,44,52)(H,46,53,54). The van der Waals surface area contributed by atoms with E-state index in [1.807, 2.05) is 31.2 Å². The molecule has 4 N–H and O–H groups in total. The van der Waals surface area contributed by atoms with Crippen LogP contribution in [0.2, 0.25) is 5.02 Å². The Morgan fingerprint density at radius 3 is 2.55 bits per heavy atom. The lowest BCUT2D eigenvalue weighted by Crippen LogP contribution is -2.50. The predicted octanol–water partition coefficient (Wildman–Crippen LogP) is 5.99. The van der Waals surface area contributed by atoms with Gasteiger partial charge in [0.25, 0.3) is 0 Å². The van der Waals surface area contributed by atoms with Gasteiger partial charge >= 0.3 is 0 Å². The van der Waals surface area contributed by atoms with Gasteiger partial charge in [-0.2, -0.15) is 0 Å². The number of imide groups is 1. The number of benzene rings is 2. The number of piperidine rings is 1. The van der Waals surface area contributed by atoms with Crippen LogP contribution in [0.1, 0.15) is 113 Å². The molecule has 0 saturated carbocycles. The summed E-state index contributed by atoms with van der Waals surface area (Å²) >= 11 is 7.92. The van der Waals surface area contributed by atoms with E-state index in [2.05, 4.69) is 49.9 Å². The molecule has 4 amide bonds. The highest BCUT2D eigenvalue weighted by Gasteiger charge is 2.32. The summed E-state index contributed by atoms with van der Waals surface area (Å²) in [5, 5.41) is 22.0. The Balaban J connectivity index is 0.960. The number of aldehydes is 1.